The van der Waals surface area contributed by atoms with Gasteiger partial charge in [-0.25, -0.2) is 4.79 Å². The molecule has 1 amide bonds. The van der Waals surface area contributed by atoms with Gasteiger partial charge in [0.15, 0.2) is 0 Å². The normalized spacial score (nSPS) is 30.7. The Morgan fingerprint density at radius 3 is 2.17 bits per heavy atom. The molecule has 0 aromatic rings. The first kappa shape index (κ1) is 22.7. The van der Waals surface area contributed by atoms with E-state index in [0.717, 1.165) is 68.2 Å². The van der Waals surface area contributed by atoms with Gasteiger partial charge in [-0.2, -0.15) is 0 Å². The first-order valence-corrected chi connectivity index (χ1v) is 11.0. The van der Waals surface area contributed by atoms with Gasteiger partial charge in [0.1, 0.15) is 5.60 Å². The predicted octanol–water partition coefficient (Wildman–Crippen LogP) is 4.15. The molecule has 136 valence electrons. The van der Waals surface area contributed by atoms with Crippen molar-refractivity contribution in [3.8, 4) is 0 Å². The third-order valence-electron chi connectivity index (χ3n) is 5.82. The molecule has 0 heterocycles. The monoisotopic (exact) mass is 375 g/mol. The molecule has 2 rings (SSSR count). The molecule has 0 saturated heterocycles. The zero-order chi connectivity index (χ0) is 18.6. The zero-order valence-electron chi connectivity index (χ0n) is 15.3. The van der Waals surface area contributed by atoms with Gasteiger partial charge in [0.05, 0.1) is 0 Å². The Hall–Kier alpha value is 0.696. The number of rotatable bonds is 5. The van der Waals surface area contributed by atoms with Crippen LogP contribution < -0.4 is 5.73 Å². The topological polar surface area (TPSA) is 52.3 Å². The first-order chi connectivity index (χ1) is 11.1. The molecule has 0 aromatic carbocycles. The number of hydrogen-bond acceptors (Lipinski definition) is 2. The number of carbonyl (C=O) groups is 1. The van der Waals surface area contributed by atoms with E-state index in [2.05, 4.69) is 4.74 Å². The van der Waals surface area contributed by atoms with Gasteiger partial charge in [0.2, 0.25) is 0 Å². The summed E-state index contributed by atoms with van der Waals surface area (Å²) in [5.74, 6) is 0.348. The molecule has 3 atom stereocenters. The van der Waals surface area contributed by atoms with Gasteiger partial charge in [0.25, 0.3) is 0 Å². The molecule has 2 bridgehead atoms. The number of carbonyl (C=O) groups excluding carboxylic acids is 1. The fourth-order valence-corrected chi connectivity index (χ4v) is 5.85. The SMILES string of the molecule is CC(C)(C)OC(N)=O.FCC1(CF)C2CCC1(CF)C(C[CH2][K])C2. The Labute approximate surface area is 177 Å². The van der Waals surface area contributed by atoms with Crippen molar-refractivity contribution in [3.63, 3.8) is 0 Å². The van der Waals surface area contributed by atoms with Gasteiger partial charge in [-0.05, 0) is 20.8 Å². The summed E-state index contributed by atoms with van der Waals surface area (Å²) in [6.45, 7) is 3.43. The Morgan fingerprint density at radius 2 is 1.83 bits per heavy atom. The summed E-state index contributed by atoms with van der Waals surface area (Å²) in [5.41, 5.74) is 2.65. The third kappa shape index (κ3) is 4.51. The van der Waals surface area contributed by atoms with Gasteiger partial charge in [0, 0.05) is 0 Å². The maximum absolute atomic E-state index is 13.5. The fourth-order valence-electron chi connectivity index (χ4n) is 4.76. The van der Waals surface area contributed by atoms with E-state index in [0.29, 0.717) is 6.42 Å². The van der Waals surface area contributed by atoms with E-state index in [1.807, 2.05) is 0 Å². The molecule has 2 aliphatic carbocycles. The number of hydrogen-bond donors (Lipinski definition) is 1. The maximum atomic E-state index is 13.5. The summed E-state index contributed by atoms with van der Waals surface area (Å²) in [5, 5.41) is 0. The molecular formula is C17H29F3KNO2. The molecule has 3 nitrogen and oxygen atoms in total. The average molecular weight is 376 g/mol. The van der Waals surface area contributed by atoms with Gasteiger partial charge in [-0.15, -0.1) is 0 Å². The molecule has 2 N–H and O–H groups in total. The van der Waals surface area contributed by atoms with Crippen LogP contribution in [-0.4, -0.2) is 80.7 Å². The summed E-state index contributed by atoms with van der Waals surface area (Å²) < 4.78 is 45.9. The molecule has 2 saturated carbocycles. The van der Waals surface area contributed by atoms with E-state index >= 15 is 0 Å². The number of nitrogens with two attached hydrogens (primary N) is 1. The average Bonchev–Trinajstić information content (AvgIpc) is 2.93. The van der Waals surface area contributed by atoms with Crippen molar-refractivity contribution in [3.05, 3.63) is 0 Å². The Balaban J connectivity index is 0.000000307. The molecule has 2 fully saturated rings. The van der Waals surface area contributed by atoms with E-state index in [1.165, 1.54) is 0.515 Å². The molecule has 3 unspecified atom stereocenters. The standard InChI is InChI=1S/C12H18F3.C5H11NO2.K/c1-2-9-5-10-3-4-11(9,6-13)12(10,7-14)8-15;1-5(2,3)8-4(6)7;/h9-10H,1-8H2;1-3H3,(H2,6,7);. The quantitative estimate of drug-likeness (QED) is 0.734. The van der Waals surface area contributed by atoms with Crippen LogP contribution in [-0.2, 0) is 4.74 Å². The van der Waals surface area contributed by atoms with E-state index in [9.17, 15) is 18.0 Å². The van der Waals surface area contributed by atoms with Crippen LogP contribution in [0.15, 0.2) is 0 Å². The van der Waals surface area contributed by atoms with Crippen molar-refractivity contribution < 1.29 is 22.7 Å². The number of halogens is 3. The van der Waals surface area contributed by atoms with E-state index in [-0.39, 0.29) is 11.8 Å². The van der Waals surface area contributed by atoms with Crippen LogP contribution in [0.4, 0.5) is 18.0 Å². The number of ether oxygens (including phenoxy) is 1. The molecule has 2 aliphatic rings. The van der Waals surface area contributed by atoms with Crippen molar-refractivity contribution in [1.29, 1.82) is 0 Å². The Morgan fingerprint density at radius 1 is 1.25 bits per heavy atom. The van der Waals surface area contributed by atoms with Crippen LogP contribution in [0.25, 0.3) is 0 Å². The van der Waals surface area contributed by atoms with Gasteiger partial charge in [-0.3, -0.25) is 0 Å². The molecule has 0 aromatic heterocycles. The van der Waals surface area contributed by atoms with Crippen molar-refractivity contribution >= 4 is 55.0 Å². The van der Waals surface area contributed by atoms with Crippen molar-refractivity contribution in [2.75, 3.05) is 20.0 Å². The van der Waals surface area contributed by atoms with Crippen LogP contribution in [0.5, 0.6) is 0 Å². The summed E-state index contributed by atoms with van der Waals surface area (Å²) in [6.07, 6.45) is 2.69. The third-order valence-corrected chi connectivity index (χ3v) is 6.72. The molecule has 24 heavy (non-hydrogen) atoms. The second-order valence-corrected chi connectivity index (χ2v) is 9.77. The minimum atomic E-state index is -0.964. The summed E-state index contributed by atoms with van der Waals surface area (Å²) in [4.78, 5) is 10.0. The molecule has 0 aliphatic heterocycles. The molecular weight excluding hydrogens is 346 g/mol. The first-order valence-electron chi connectivity index (χ1n) is 8.78. The van der Waals surface area contributed by atoms with Gasteiger partial charge in [-0.1, -0.05) is 0 Å². The molecule has 0 radical (unpaired) electrons. The zero-order valence-corrected chi connectivity index (χ0v) is 18.5. The predicted molar refractivity (Wildman–Crippen MR) is 89.2 cm³/mol. The van der Waals surface area contributed by atoms with Gasteiger partial charge < -0.3 is 10.5 Å². The van der Waals surface area contributed by atoms with E-state index in [4.69, 9.17) is 5.73 Å². The summed E-state index contributed by atoms with van der Waals surface area (Å²) >= 11 is 0.764. The number of amides is 1. The number of alkyl halides is 3. The second-order valence-electron chi connectivity index (χ2n) is 8.20. The second kappa shape index (κ2) is 9.06. The Kier molecular flexibility index (Phi) is 8.59. The van der Waals surface area contributed by atoms with Gasteiger partial charge >= 0.3 is 137 Å². The number of fused-ring (bicyclic) bond motifs is 2. The Bertz CT molecular complexity index is 427. The van der Waals surface area contributed by atoms with Crippen LogP contribution in [0.2, 0.25) is 0.515 Å². The van der Waals surface area contributed by atoms with Crippen molar-refractivity contribution in [1.82, 2.24) is 0 Å². The summed E-state index contributed by atoms with van der Waals surface area (Å²) in [7, 11) is 0. The molecule has 0 spiro atoms. The van der Waals surface area contributed by atoms with E-state index in [1.54, 1.807) is 20.8 Å². The van der Waals surface area contributed by atoms with Crippen LogP contribution in [0.1, 0.15) is 46.5 Å². The fraction of sp³-hybridized carbons (Fsp3) is 0.941. The van der Waals surface area contributed by atoms with Crippen LogP contribution in [0, 0.1) is 22.7 Å². The van der Waals surface area contributed by atoms with Crippen LogP contribution >= 0.6 is 0 Å². The number of primary amides is 1. The van der Waals surface area contributed by atoms with Crippen molar-refractivity contribution in [2.45, 2.75) is 52.6 Å². The van der Waals surface area contributed by atoms with Crippen LogP contribution in [0.3, 0.4) is 0 Å². The van der Waals surface area contributed by atoms with E-state index < -0.39 is 42.5 Å². The molecule has 7 heteroatoms. The summed E-state index contributed by atoms with van der Waals surface area (Å²) in [6, 6.07) is 0. The van der Waals surface area contributed by atoms with Crippen molar-refractivity contribution in [2.24, 2.45) is 28.4 Å². The minimum absolute atomic E-state index is 0.0994.